The van der Waals surface area contributed by atoms with E-state index >= 15 is 0 Å². The Morgan fingerprint density at radius 3 is 2.20 bits per heavy atom. The standard InChI is InChI=1S/C33H39ClN10O4.C2HF3O2/c1-40-27(25-20-43(39-31(25)48-4)28-8-5-22(35)18-36-28)19-37-29(40)30(45)38-23-6-7-24(26(34)17-23)33(47)42-13-11-41(12-14-42)32(46)21-9-15-44(2,3)16-10-21;3-2(4,5)1(6)7/h5-8,17-21H,9-16,35H2,1-4H3;(H,6,7). The smallest absolute Gasteiger partial charge is 0.430 e. The van der Waals surface area contributed by atoms with Crippen LogP contribution < -0.4 is 20.9 Å². The van der Waals surface area contributed by atoms with Gasteiger partial charge in [0.25, 0.3) is 11.8 Å². The molecule has 4 aromatic rings. The van der Waals surface area contributed by atoms with Crippen LogP contribution in [0.1, 0.15) is 33.8 Å². The number of carbonyl (C=O) groups excluding carboxylic acids is 4. The summed E-state index contributed by atoms with van der Waals surface area (Å²) in [6.07, 6.45) is 1.43. The van der Waals surface area contributed by atoms with Crippen LogP contribution in [0.25, 0.3) is 17.1 Å². The zero-order chi connectivity index (χ0) is 40.2. The van der Waals surface area contributed by atoms with Crippen molar-refractivity contribution in [3.05, 3.63) is 65.3 Å². The molecule has 0 saturated carbocycles. The third kappa shape index (κ3) is 9.52. The van der Waals surface area contributed by atoms with Gasteiger partial charge in [0.05, 0.1) is 74.2 Å². The number of anilines is 2. The number of rotatable bonds is 7. The molecule has 0 atom stereocenters. The quantitative estimate of drug-likeness (QED) is 0.263. The Kier molecular flexibility index (Phi) is 12.0. The number of hydrogen-bond acceptors (Lipinski definition) is 10. The number of nitrogens with one attached hydrogen (secondary N) is 1. The van der Waals surface area contributed by atoms with Crippen molar-refractivity contribution in [2.75, 3.05) is 71.5 Å². The molecular weight excluding hydrogens is 749 g/mol. The molecule has 3 aromatic heterocycles. The van der Waals surface area contributed by atoms with E-state index < -0.39 is 18.1 Å². The Hall–Kier alpha value is -5.69. The van der Waals surface area contributed by atoms with Gasteiger partial charge in [-0.15, -0.1) is 5.10 Å². The monoisotopic (exact) mass is 788 g/mol. The van der Waals surface area contributed by atoms with Gasteiger partial charge in [0.1, 0.15) is 5.97 Å². The average Bonchev–Trinajstić information content (AvgIpc) is 3.74. The molecule has 3 amide bonds. The van der Waals surface area contributed by atoms with Gasteiger partial charge in [0.2, 0.25) is 11.8 Å². The van der Waals surface area contributed by atoms with E-state index in [1.54, 1.807) is 63.9 Å². The second-order valence-electron chi connectivity index (χ2n) is 13.7. The first-order chi connectivity index (χ1) is 25.9. The van der Waals surface area contributed by atoms with Gasteiger partial charge in [-0.05, 0) is 30.3 Å². The van der Waals surface area contributed by atoms with E-state index in [9.17, 15) is 27.6 Å². The number of aromatic nitrogens is 5. The molecule has 0 radical (unpaired) electrons. The maximum atomic E-state index is 13.4. The molecule has 2 fully saturated rings. The minimum Gasteiger partial charge on any atom is -0.542 e. The summed E-state index contributed by atoms with van der Waals surface area (Å²) in [6, 6.07) is 8.25. The molecule has 2 saturated heterocycles. The van der Waals surface area contributed by atoms with E-state index in [1.807, 2.05) is 4.90 Å². The van der Waals surface area contributed by atoms with Gasteiger partial charge >= 0.3 is 6.18 Å². The Bertz CT molecular complexity index is 2050. The van der Waals surface area contributed by atoms with Crippen molar-refractivity contribution in [2.45, 2.75) is 19.0 Å². The van der Waals surface area contributed by atoms with Crippen molar-refractivity contribution >= 4 is 46.7 Å². The van der Waals surface area contributed by atoms with Crippen LogP contribution in [0.3, 0.4) is 0 Å². The molecule has 0 aliphatic carbocycles. The molecule has 6 rings (SSSR count). The molecule has 20 heteroatoms. The summed E-state index contributed by atoms with van der Waals surface area (Å²) in [7, 11) is 7.62. The fraction of sp³-hybridized carbons (Fsp3) is 0.400. The van der Waals surface area contributed by atoms with Gasteiger partial charge in [-0.2, -0.15) is 13.2 Å². The second kappa shape index (κ2) is 16.4. The number of quaternary nitrogens is 1. The molecule has 5 heterocycles. The molecule has 0 unspecified atom stereocenters. The number of nitrogen functional groups attached to an aromatic ring is 1. The van der Waals surface area contributed by atoms with E-state index in [0.29, 0.717) is 66.1 Å². The normalized spacial score (nSPS) is 15.9. The fourth-order valence-corrected chi connectivity index (χ4v) is 6.49. The SMILES string of the molecule is COc1nn(-c2ccc(N)cn2)cc1-c1cnc(C(=O)Nc2ccc(C(=O)N3CCN(C(=O)C4CC[N+](C)(C)CC4)CC3)c(Cl)c2)n1C.O=C([O-])C(F)(F)F. The number of halogens is 4. The van der Waals surface area contributed by atoms with Crippen molar-refractivity contribution in [3.63, 3.8) is 0 Å². The number of carbonyl (C=O) groups is 4. The van der Waals surface area contributed by atoms with Crippen molar-refractivity contribution in [1.29, 1.82) is 0 Å². The van der Waals surface area contributed by atoms with Crippen LogP contribution >= 0.6 is 11.6 Å². The number of benzene rings is 1. The number of alkyl halides is 3. The summed E-state index contributed by atoms with van der Waals surface area (Å²) in [6.45, 7) is 3.88. The van der Waals surface area contributed by atoms with Gasteiger partial charge in [-0.3, -0.25) is 14.4 Å². The van der Waals surface area contributed by atoms with E-state index in [2.05, 4.69) is 34.5 Å². The number of nitrogens with zero attached hydrogens (tertiary/aromatic N) is 8. The molecular formula is C35H40ClF3N10O6. The zero-order valence-corrected chi connectivity index (χ0v) is 31.2. The number of carboxylic acids is 1. The molecule has 1 aromatic carbocycles. The van der Waals surface area contributed by atoms with E-state index in [-0.39, 0.29) is 28.6 Å². The molecule has 2 aliphatic rings. The average molecular weight is 789 g/mol. The summed E-state index contributed by atoms with van der Waals surface area (Å²) in [5.74, 6) is -2.40. The fourth-order valence-electron chi connectivity index (χ4n) is 6.23. The van der Waals surface area contributed by atoms with Crippen LogP contribution in [0.15, 0.2) is 48.9 Å². The zero-order valence-electron chi connectivity index (χ0n) is 30.5. The van der Waals surface area contributed by atoms with Crippen molar-refractivity contribution in [3.8, 4) is 23.0 Å². The van der Waals surface area contributed by atoms with Gasteiger partial charge in [0.15, 0.2) is 11.6 Å². The predicted octanol–water partition coefficient (Wildman–Crippen LogP) is 2.23. The van der Waals surface area contributed by atoms with E-state index in [1.165, 1.54) is 13.3 Å². The number of imidazole rings is 1. The van der Waals surface area contributed by atoms with E-state index in [4.69, 9.17) is 32.0 Å². The minimum absolute atomic E-state index is 0.0626. The summed E-state index contributed by atoms with van der Waals surface area (Å²) >= 11 is 6.57. The van der Waals surface area contributed by atoms with Gasteiger partial charge in [0, 0.05) is 63.9 Å². The second-order valence-corrected chi connectivity index (χ2v) is 14.1. The highest BCUT2D eigenvalue weighted by Gasteiger charge is 2.35. The first-order valence-corrected chi connectivity index (χ1v) is 17.4. The van der Waals surface area contributed by atoms with Gasteiger partial charge < -0.3 is 44.5 Å². The number of aliphatic carboxylic acids is 1. The first kappa shape index (κ1) is 40.5. The van der Waals surface area contributed by atoms with Crippen LogP contribution in [-0.4, -0.2) is 129 Å². The number of pyridine rings is 1. The number of amides is 3. The maximum Gasteiger partial charge on any atom is 0.430 e. The summed E-state index contributed by atoms with van der Waals surface area (Å²) < 4.78 is 41.2. The molecule has 3 N–H and O–H groups in total. The molecule has 0 bridgehead atoms. The van der Waals surface area contributed by atoms with Crippen molar-refractivity contribution in [1.82, 2.24) is 34.1 Å². The summed E-state index contributed by atoms with van der Waals surface area (Å²) in [4.78, 5) is 60.8. The Morgan fingerprint density at radius 2 is 1.64 bits per heavy atom. The lowest BCUT2D eigenvalue weighted by Gasteiger charge is -2.40. The number of hydrogen-bond donors (Lipinski definition) is 2. The molecule has 294 valence electrons. The highest BCUT2D eigenvalue weighted by atomic mass is 35.5. The van der Waals surface area contributed by atoms with Gasteiger partial charge in [-0.1, -0.05) is 11.6 Å². The van der Waals surface area contributed by atoms with Crippen LogP contribution in [0, 0.1) is 5.92 Å². The molecule has 2 aliphatic heterocycles. The number of piperazine rings is 1. The largest absolute Gasteiger partial charge is 0.542 e. The number of likely N-dealkylation sites (tertiary alicyclic amines) is 1. The Morgan fingerprint density at radius 1 is 1.00 bits per heavy atom. The Balaban J connectivity index is 0.000000757. The topological polar surface area (TPSA) is 194 Å². The van der Waals surface area contributed by atoms with E-state index in [0.717, 1.165) is 30.4 Å². The number of methoxy groups -OCH3 is 1. The van der Waals surface area contributed by atoms with Crippen molar-refractivity contribution < 1.29 is 46.7 Å². The lowest BCUT2D eigenvalue weighted by atomic mass is 9.94. The van der Waals surface area contributed by atoms with Crippen LogP contribution in [0.2, 0.25) is 5.02 Å². The molecule has 0 spiro atoms. The van der Waals surface area contributed by atoms with Crippen molar-refractivity contribution in [2.24, 2.45) is 13.0 Å². The highest BCUT2D eigenvalue weighted by Crippen LogP contribution is 2.31. The highest BCUT2D eigenvalue weighted by molar-refractivity contribution is 6.34. The molecule has 16 nitrogen and oxygen atoms in total. The third-order valence-corrected chi connectivity index (χ3v) is 9.74. The predicted molar refractivity (Wildman–Crippen MR) is 192 cm³/mol. The molecule has 55 heavy (non-hydrogen) atoms. The van der Waals surface area contributed by atoms with Gasteiger partial charge in [-0.25, -0.2) is 14.6 Å². The Labute approximate surface area is 318 Å². The number of piperidine rings is 1. The first-order valence-electron chi connectivity index (χ1n) is 17.0. The van der Waals surface area contributed by atoms with Crippen LogP contribution in [-0.2, 0) is 16.6 Å². The lowest BCUT2D eigenvalue weighted by molar-refractivity contribution is -0.895. The summed E-state index contributed by atoms with van der Waals surface area (Å²) in [5, 5.41) is 16.3. The number of ether oxygens (including phenoxy) is 1. The van der Waals surface area contributed by atoms with Crippen LogP contribution in [0.5, 0.6) is 5.88 Å². The number of carboxylic acid groups (broad SMARTS) is 1. The lowest BCUT2D eigenvalue weighted by Crippen LogP contribution is -2.54. The third-order valence-electron chi connectivity index (χ3n) is 9.43. The number of nitrogens with two attached hydrogens (primary N) is 1. The van der Waals surface area contributed by atoms with Crippen LogP contribution in [0.4, 0.5) is 24.5 Å². The summed E-state index contributed by atoms with van der Waals surface area (Å²) in [5.41, 5.74) is 8.25. The minimum atomic E-state index is -5.19. The maximum absolute atomic E-state index is 13.4.